The van der Waals surface area contributed by atoms with Crippen LogP contribution in [-0.4, -0.2) is 69.9 Å². The lowest BCUT2D eigenvalue weighted by molar-refractivity contribution is -0.945. The van der Waals surface area contributed by atoms with E-state index >= 15 is 0 Å². The second-order valence-corrected chi connectivity index (χ2v) is 10.1. The minimum absolute atomic E-state index is 0. The van der Waals surface area contributed by atoms with Gasteiger partial charge >= 0.3 is 0 Å². The minimum atomic E-state index is 0. The van der Waals surface area contributed by atoms with Gasteiger partial charge in [-0.05, 0) is 38.3 Å². The number of unbranched alkanes of at least 4 members (excludes halogenated alkanes) is 9. The zero-order valence-corrected chi connectivity index (χ0v) is 25.4. The predicted molar refractivity (Wildman–Crippen MR) is 127 cm³/mol. The molecule has 184 valence electrons. The fourth-order valence-corrected chi connectivity index (χ4v) is 3.57. The van der Waals surface area contributed by atoms with Gasteiger partial charge in [0.05, 0.1) is 47.9 Å². The number of hydrogen-bond donors (Lipinski definition) is 0. The van der Waals surface area contributed by atoms with E-state index in [-0.39, 0.29) is 48.0 Å². The van der Waals surface area contributed by atoms with Gasteiger partial charge in [0, 0.05) is 0 Å². The molecule has 0 spiro atoms. The molecule has 0 bridgehead atoms. The van der Waals surface area contributed by atoms with Crippen LogP contribution in [0.5, 0.6) is 5.75 Å². The molecule has 1 aromatic rings. The van der Waals surface area contributed by atoms with Crippen molar-refractivity contribution in [1.29, 1.82) is 0 Å². The van der Waals surface area contributed by atoms with E-state index < -0.39 is 0 Å². The highest BCUT2D eigenvalue weighted by molar-refractivity contribution is 5.20. The lowest BCUT2D eigenvalue weighted by Crippen LogP contribution is -3.00. The molecule has 0 aliphatic rings. The Labute approximate surface area is 228 Å². The van der Waals surface area contributed by atoms with Crippen molar-refractivity contribution in [2.75, 3.05) is 61.0 Å². The van der Waals surface area contributed by atoms with Gasteiger partial charge in [0.2, 0.25) is 0 Å². The SMILES string of the molecule is CC[N+](C)(C)CC[N+](C)(C)CCCCCCCCCCCCOc1ccccc1.[I-].[I-]. The van der Waals surface area contributed by atoms with Gasteiger partial charge < -0.3 is 61.7 Å². The van der Waals surface area contributed by atoms with Gasteiger partial charge in [0.15, 0.2) is 0 Å². The van der Waals surface area contributed by atoms with E-state index in [9.17, 15) is 0 Å². The van der Waals surface area contributed by atoms with E-state index in [4.69, 9.17) is 4.74 Å². The summed E-state index contributed by atoms with van der Waals surface area (Å²) in [5.41, 5.74) is 0. The molecule has 0 aromatic heterocycles. The van der Waals surface area contributed by atoms with Crippen LogP contribution in [0.4, 0.5) is 0 Å². The number of likely N-dealkylation sites (N-methyl/N-ethyl adjacent to an activating group) is 2. The van der Waals surface area contributed by atoms with E-state index in [0.29, 0.717) is 0 Å². The zero-order valence-electron chi connectivity index (χ0n) is 21.1. The molecule has 0 heterocycles. The first-order valence-corrected chi connectivity index (χ1v) is 12.2. The minimum Gasteiger partial charge on any atom is -1.00 e. The van der Waals surface area contributed by atoms with Crippen molar-refractivity contribution >= 4 is 0 Å². The van der Waals surface area contributed by atoms with Crippen molar-refractivity contribution in [2.24, 2.45) is 0 Å². The van der Waals surface area contributed by atoms with Gasteiger partial charge in [0.1, 0.15) is 18.8 Å². The summed E-state index contributed by atoms with van der Waals surface area (Å²) in [6.07, 6.45) is 13.7. The molecular weight excluding hydrogens is 610 g/mol. The summed E-state index contributed by atoms with van der Waals surface area (Å²) in [7, 11) is 9.50. The Kier molecular flexibility index (Phi) is 21.5. The Morgan fingerprint density at radius 2 is 1.03 bits per heavy atom. The molecule has 0 fully saturated rings. The number of quaternary nitrogens is 2. The molecule has 0 amide bonds. The largest absolute Gasteiger partial charge is 1.00 e. The second-order valence-electron chi connectivity index (χ2n) is 10.1. The summed E-state index contributed by atoms with van der Waals surface area (Å²) in [5.74, 6) is 0.999. The highest BCUT2D eigenvalue weighted by Crippen LogP contribution is 2.13. The third-order valence-electron chi connectivity index (χ3n) is 6.34. The van der Waals surface area contributed by atoms with E-state index in [1.807, 2.05) is 30.3 Å². The molecule has 0 atom stereocenters. The molecule has 3 nitrogen and oxygen atoms in total. The molecule has 1 aromatic carbocycles. The van der Waals surface area contributed by atoms with Crippen LogP contribution in [0.25, 0.3) is 0 Å². The number of nitrogens with zero attached hydrogens (tertiary/aromatic N) is 2. The maximum absolute atomic E-state index is 5.75. The number of rotatable bonds is 18. The average molecular weight is 661 g/mol. The van der Waals surface area contributed by atoms with Gasteiger partial charge in [0.25, 0.3) is 0 Å². The average Bonchev–Trinajstić information content (AvgIpc) is 2.71. The molecule has 0 unspecified atom stereocenters. The normalized spacial score (nSPS) is 11.5. The van der Waals surface area contributed by atoms with Crippen LogP contribution >= 0.6 is 0 Å². The molecule has 0 saturated heterocycles. The third-order valence-corrected chi connectivity index (χ3v) is 6.34. The monoisotopic (exact) mass is 660 g/mol. The fourth-order valence-electron chi connectivity index (χ4n) is 3.57. The van der Waals surface area contributed by atoms with Gasteiger partial charge in [-0.1, -0.05) is 63.1 Å². The van der Waals surface area contributed by atoms with E-state index in [0.717, 1.165) is 16.8 Å². The number of benzene rings is 1. The fraction of sp³-hybridized carbons (Fsp3) is 0.769. The molecule has 0 radical (unpaired) electrons. The molecular formula is C26H50I2N2O. The van der Waals surface area contributed by atoms with Crippen LogP contribution in [0.3, 0.4) is 0 Å². The van der Waals surface area contributed by atoms with Crippen LogP contribution in [0.15, 0.2) is 30.3 Å². The standard InChI is InChI=1S/C26H50N2O.2HI/c1-6-27(2,3)23-24-28(4,5)22-18-13-11-9-7-8-10-12-14-19-25-29-26-20-16-15-17-21-26;;/h15-17,20-21H,6-14,18-19,22-25H2,1-5H3;2*1H/q+2;;/p-2. The molecule has 5 heteroatoms. The second kappa shape index (κ2) is 19.8. The van der Waals surface area contributed by atoms with Crippen molar-refractivity contribution in [3.8, 4) is 5.75 Å². The number of halogens is 2. The molecule has 0 N–H and O–H groups in total. The van der Waals surface area contributed by atoms with Crippen LogP contribution in [-0.2, 0) is 0 Å². The Morgan fingerprint density at radius 1 is 0.581 bits per heavy atom. The lowest BCUT2D eigenvalue weighted by atomic mass is 10.1. The molecule has 0 aliphatic carbocycles. The Bertz CT molecular complexity index is 509. The van der Waals surface area contributed by atoms with Gasteiger partial charge in [-0.25, -0.2) is 0 Å². The van der Waals surface area contributed by atoms with Crippen molar-refractivity contribution < 1.29 is 61.7 Å². The number of hydrogen-bond acceptors (Lipinski definition) is 1. The topological polar surface area (TPSA) is 9.23 Å². The van der Waals surface area contributed by atoms with Gasteiger partial charge in [-0.2, -0.15) is 0 Å². The summed E-state index contributed by atoms with van der Waals surface area (Å²) in [6, 6.07) is 10.2. The van der Waals surface area contributed by atoms with Gasteiger partial charge in [-0.15, -0.1) is 0 Å². The van der Waals surface area contributed by atoms with E-state index in [1.54, 1.807) is 0 Å². The number of para-hydroxylation sites is 1. The summed E-state index contributed by atoms with van der Waals surface area (Å²) in [6.45, 7) is 8.27. The quantitative estimate of drug-likeness (QED) is 0.124. The van der Waals surface area contributed by atoms with Crippen molar-refractivity contribution in [3.63, 3.8) is 0 Å². The van der Waals surface area contributed by atoms with E-state index in [1.165, 1.54) is 94.9 Å². The van der Waals surface area contributed by atoms with E-state index in [2.05, 4.69) is 35.1 Å². The summed E-state index contributed by atoms with van der Waals surface area (Å²) >= 11 is 0. The van der Waals surface area contributed by atoms with Crippen molar-refractivity contribution in [1.82, 2.24) is 0 Å². The first-order valence-electron chi connectivity index (χ1n) is 12.2. The summed E-state index contributed by atoms with van der Waals surface area (Å²) in [4.78, 5) is 0. The lowest BCUT2D eigenvalue weighted by Gasteiger charge is -2.35. The molecule has 31 heavy (non-hydrogen) atoms. The highest BCUT2D eigenvalue weighted by Gasteiger charge is 2.20. The van der Waals surface area contributed by atoms with Crippen LogP contribution in [0, 0.1) is 0 Å². The highest BCUT2D eigenvalue weighted by atomic mass is 127. The van der Waals surface area contributed by atoms with Gasteiger partial charge in [-0.3, -0.25) is 0 Å². The Balaban J connectivity index is 0. The number of ether oxygens (including phenoxy) is 1. The van der Waals surface area contributed by atoms with Crippen LogP contribution < -0.4 is 52.7 Å². The van der Waals surface area contributed by atoms with Crippen LogP contribution in [0.2, 0.25) is 0 Å². The maximum Gasteiger partial charge on any atom is 0.128 e. The first-order chi connectivity index (χ1) is 13.8. The summed E-state index contributed by atoms with van der Waals surface area (Å²) < 4.78 is 8.06. The predicted octanol–water partition coefficient (Wildman–Crippen LogP) is 0.147. The Morgan fingerprint density at radius 3 is 1.55 bits per heavy atom. The van der Waals surface area contributed by atoms with Crippen LogP contribution in [0.1, 0.15) is 71.1 Å². The first kappa shape index (κ1) is 33.6. The zero-order chi connectivity index (χ0) is 21.4. The third kappa shape index (κ3) is 19.6. The van der Waals surface area contributed by atoms with Crippen molar-refractivity contribution in [3.05, 3.63) is 30.3 Å². The Hall–Kier alpha value is 0.400. The smallest absolute Gasteiger partial charge is 0.128 e. The van der Waals surface area contributed by atoms with Crippen molar-refractivity contribution in [2.45, 2.75) is 71.1 Å². The summed E-state index contributed by atoms with van der Waals surface area (Å²) in [5, 5.41) is 0. The molecule has 0 aliphatic heterocycles. The molecule has 0 saturated carbocycles. The maximum atomic E-state index is 5.75. The molecule has 1 rings (SSSR count).